The van der Waals surface area contributed by atoms with E-state index in [1.807, 2.05) is 12.1 Å². The molecular weight excluding hydrogens is 432 g/mol. The van der Waals surface area contributed by atoms with Gasteiger partial charge in [-0.25, -0.2) is 8.42 Å². The van der Waals surface area contributed by atoms with Crippen LogP contribution < -0.4 is 23.8 Å². The van der Waals surface area contributed by atoms with Gasteiger partial charge in [-0.3, -0.25) is 9.10 Å². The highest BCUT2D eigenvalue weighted by atomic mass is 35.5. The molecule has 0 spiro atoms. The normalized spacial score (nSPS) is 11.0. The molecule has 0 aliphatic heterocycles. The van der Waals surface area contributed by atoms with E-state index in [1.54, 1.807) is 26.4 Å². The van der Waals surface area contributed by atoms with Crippen LogP contribution in [-0.4, -0.2) is 55.0 Å². The van der Waals surface area contributed by atoms with E-state index in [0.29, 0.717) is 30.2 Å². The number of ether oxygens (including phenoxy) is 3. The van der Waals surface area contributed by atoms with Crippen LogP contribution in [0.5, 0.6) is 17.2 Å². The second kappa shape index (κ2) is 10.4. The van der Waals surface area contributed by atoms with E-state index in [1.165, 1.54) is 19.2 Å². The number of halogens is 1. The van der Waals surface area contributed by atoms with Crippen LogP contribution in [0.3, 0.4) is 0 Å². The minimum atomic E-state index is -3.70. The van der Waals surface area contributed by atoms with Crippen molar-refractivity contribution in [1.29, 1.82) is 0 Å². The zero-order valence-electron chi connectivity index (χ0n) is 17.3. The van der Waals surface area contributed by atoms with Gasteiger partial charge in [0.1, 0.15) is 12.3 Å². The Balaban J connectivity index is 2.02. The third-order valence-corrected chi connectivity index (χ3v) is 5.73. The SMILES string of the molecule is COc1ccc(N(CC(=O)NCCc2ccc(OC)c(OC)c2)S(C)(=O)=O)cc1Cl. The second-order valence-corrected chi connectivity index (χ2v) is 8.69. The molecule has 0 bridgehead atoms. The molecule has 30 heavy (non-hydrogen) atoms. The molecule has 2 aromatic rings. The Morgan fingerprint density at radius 1 is 1.00 bits per heavy atom. The molecule has 0 radical (unpaired) electrons. The van der Waals surface area contributed by atoms with E-state index in [-0.39, 0.29) is 17.3 Å². The Kier molecular flexibility index (Phi) is 8.19. The lowest BCUT2D eigenvalue weighted by molar-refractivity contribution is -0.119. The average Bonchev–Trinajstić information content (AvgIpc) is 2.71. The fourth-order valence-electron chi connectivity index (χ4n) is 2.78. The molecule has 0 aliphatic rings. The van der Waals surface area contributed by atoms with Crippen LogP contribution in [0, 0.1) is 0 Å². The molecule has 1 N–H and O–H groups in total. The smallest absolute Gasteiger partial charge is 0.240 e. The third kappa shape index (κ3) is 6.17. The van der Waals surface area contributed by atoms with Crippen LogP contribution in [0.2, 0.25) is 5.02 Å². The Hall–Kier alpha value is -2.65. The van der Waals surface area contributed by atoms with Crippen molar-refractivity contribution >= 4 is 33.2 Å². The number of methoxy groups -OCH3 is 3. The van der Waals surface area contributed by atoms with Crippen molar-refractivity contribution in [1.82, 2.24) is 5.32 Å². The van der Waals surface area contributed by atoms with Crippen LogP contribution in [0.15, 0.2) is 36.4 Å². The number of nitrogens with one attached hydrogen (secondary N) is 1. The fraction of sp³-hybridized carbons (Fsp3) is 0.350. The van der Waals surface area contributed by atoms with Gasteiger partial charge in [0.05, 0.1) is 38.3 Å². The summed E-state index contributed by atoms with van der Waals surface area (Å²) in [6.45, 7) is -0.0390. The number of amides is 1. The van der Waals surface area contributed by atoms with E-state index < -0.39 is 15.9 Å². The highest BCUT2D eigenvalue weighted by molar-refractivity contribution is 7.92. The van der Waals surface area contributed by atoms with Crippen molar-refractivity contribution in [2.24, 2.45) is 0 Å². The highest BCUT2D eigenvalue weighted by Crippen LogP contribution is 2.30. The van der Waals surface area contributed by atoms with Crippen molar-refractivity contribution in [2.75, 3.05) is 45.0 Å². The number of carbonyl (C=O) groups excluding carboxylic acids is 1. The molecule has 1 amide bonds. The maximum absolute atomic E-state index is 12.4. The van der Waals surface area contributed by atoms with Crippen molar-refractivity contribution in [3.05, 3.63) is 47.0 Å². The maximum atomic E-state index is 12.4. The summed E-state index contributed by atoms with van der Waals surface area (Å²) < 4.78 is 40.9. The number of nitrogens with zero attached hydrogens (tertiary/aromatic N) is 1. The van der Waals surface area contributed by atoms with Crippen LogP contribution in [0.4, 0.5) is 5.69 Å². The van der Waals surface area contributed by atoms with E-state index in [9.17, 15) is 13.2 Å². The standard InChI is InChI=1S/C20H25ClN2O6S/c1-27-17-8-6-15(12-16(17)21)23(30(4,25)26)13-20(24)22-10-9-14-5-7-18(28-2)19(11-14)29-3/h5-8,11-12H,9-10,13H2,1-4H3,(H,22,24). The van der Waals surface area contributed by atoms with E-state index in [0.717, 1.165) is 16.1 Å². The van der Waals surface area contributed by atoms with Crippen molar-refractivity contribution < 1.29 is 27.4 Å². The second-order valence-electron chi connectivity index (χ2n) is 6.38. The molecular formula is C20H25ClN2O6S. The predicted octanol–water partition coefficient (Wildman–Crippen LogP) is 2.49. The molecule has 10 heteroatoms. The Labute approximate surface area is 181 Å². The number of anilines is 1. The highest BCUT2D eigenvalue weighted by Gasteiger charge is 2.21. The summed E-state index contributed by atoms with van der Waals surface area (Å²) >= 11 is 6.09. The summed E-state index contributed by atoms with van der Waals surface area (Å²) in [5.74, 6) is 1.19. The largest absolute Gasteiger partial charge is 0.495 e. The van der Waals surface area contributed by atoms with Crippen LogP contribution >= 0.6 is 11.6 Å². The summed E-state index contributed by atoms with van der Waals surface area (Å²) in [5, 5.41) is 2.98. The average molecular weight is 457 g/mol. The minimum Gasteiger partial charge on any atom is -0.495 e. The zero-order chi connectivity index (χ0) is 22.3. The first-order chi connectivity index (χ1) is 14.2. The van der Waals surface area contributed by atoms with Gasteiger partial charge in [-0.15, -0.1) is 0 Å². The summed E-state index contributed by atoms with van der Waals surface area (Å²) in [4.78, 5) is 12.4. The predicted molar refractivity (Wildman–Crippen MR) is 116 cm³/mol. The topological polar surface area (TPSA) is 94.2 Å². The minimum absolute atomic E-state index is 0.248. The first kappa shape index (κ1) is 23.6. The number of hydrogen-bond donors (Lipinski definition) is 1. The Bertz CT molecular complexity index is 997. The first-order valence-corrected chi connectivity index (χ1v) is 11.2. The molecule has 0 fully saturated rings. The monoisotopic (exact) mass is 456 g/mol. The number of carbonyl (C=O) groups is 1. The fourth-order valence-corrected chi connectivity index (χ4v) is 3.88. The van der Waals surface area contributed by atoms with Gasteiger partial charge < -0.3 is 19.5 Å². The summed E-state index contributed by atoms with van der Waals surface area (Å²) in [5.41, 5.74) is 1.22. The Morgan fingerprint density at radius 3 is 2.20 bits per heavy atom. The van der Waals surface area contributed by atoms with Crippen LogP contribution in [0.25, 0.3) is 0 Å². The molecule has 0 atom stereocenters. The molecule has 0 saturated heterocycles. The van der Waals surface area contributed by atoms with E-state index >= 15 is 0 Å². The van der Waals surface area contributed by atoms with Gasteiger partial charge in [-0.1, -0.05) is 17.7 Å². The molecule has 0 heterocycles. The molecule has 2 aromatic carbocycles. The quantitative estimate of drug-likeness (QED) is 0.590. The van der Waals surface area contributed by atoms with Gasteiger partial charge in [0.2, 0.25) is 15.9 Å². The number of benzene rings is 2. The lowest BCUT2D eigenvalue weighted by atomic mass is 10.1. The number of rotatable bonds is 10. The van der Waals surface area contributed by atoms with Crippen molar-refractivity contribution in [3.63, 3.8) is 0 Å². The summed E-state index contributed by atoms with van der Waals surface area (Å²) in [6, 6.07) is 10.0. The Morgan fingerprint density at radius 2 is 1.63 bits per heavy atom. The molecule has 0 aliphatic carbocycles. The van der Waals surface area contributed by atoms with Gasteiger partial charge in [0.25, 0.3) is 0 Å². The van der Waals surface area contributed by atoms with Crippen LogP contribution in [-0.2, 0) is 21.2 Å². The number of sulfonamides is 1. The summed E-state index contributed by atoms with van der Waals surface area (Å²) in [7, 11) is 0.866. The molecule has 0 aromatic heterocycles. The lowest BCUT2D eigenvalue weighted by Gasteiger charge is -2.22. The molecule has 164 valence electrons. The van der Waals surface area contributed by atoms with Crippen LogP contribution in [0.1, 0.15) is 5.56 Å². The number of hydrogen-bond acceptors (Lipinski definition) is 6. The van der Waals surface area contributed by atoms with Gasteiger partial charge >= 0.3 is 0 Å². The molecule has 2 rings (SSSR count). The van der Waals surface area contributed by atoms with Crippen molar-refractivity contribution in [3.8, 4) is 17.2 Å². The van der Waals surface area contributed by atoms with Gasteiger partial charge in [0, 0.05) is 6.54 Å². The third-order valence-electron chi connectivity index (χ3n) is 4.29. The van der Waals surface area contributed by atoms with Gasteiger partial charge in [-0.05, 0) is 42.3 Å². The molecule has 8 nitrogen and oxygen atoms in total. The first-order valence-electron chi connectivity index (χ1n) is 8.98. The lowest BCUT2D eigenvalue weighted by Crippen LogP contribution is -2.41. The molecule has 0 unspecified atom stereocenters. The van der Waals surface area contributed by atoms with Gasteiger partial charge in [-0.2, -0.15) is 0 Å². The summed E-state index contributed by atoms with van der Waals surface area (Å²) in [6.07, 6.45) is 1.57. The van der Waals surface area contributed by atoms with E-state index in [2.05, 4.69) is 5.32 Å². The van der Waals surface area contributed by atoms with E-state index in [4.69, 9.17) is 25.8 Å². The zero-order valence-corrected chi connectivity index (χ0v) is 18.8. The van der Waals surface area contributed by atoms with Gasteiger partial charge in [0.15, 0.2) is 11.5 Å². The van der Waals surface area contributed by atoms with Crippen molar-refractivity contribution in [2.45, 2.75) is 6.42 Å². The maximum Gasteiger partial charge on any atom is 0.240 e. The molecule has 0 saturated carbocycles.